The van der Waals surface area contributed by atoms with Crippen LogP contribution in [0.1, 0.15) is 29.9 Å². The van der Waals surface area contributed by atoms with E-state index in [1.165, 1.54) is 0 Å². The molecule has 0 atom stereocenters. The second kappa shape index (κ2) is 3.48. The SMILES string of the molecule is Nc1cc(C(=O)NC2CC2)n(C(F)F)n1. The minimum Gasteiger partial charge on any atom is -0.382 e. The molecule has 1 heterocycles. The summed E-state index contributed by atoms with van der Waals surface area (Å²) in [7, 11) is 0. The van der Waals surface area contributed by atoms with Crippen LogP contribution in [0.3, 0.4) is 0 Å². The summed E-state index contributed by atoms with van der Waals surface area (Å²) in [4.78, 5) is 11.5. The Morgan fingerprint density at radius 3 is 2.87 bits per heavy atom. The number of nitrogens with zero attached hydrogens (tertiary/aromatic N) is 2. The van der Waals surface area contributed by atoms with Crippen molar-refractivity contribution in [2.45, 2.75) is 25.4 Å². The van der Waals surface area contributed by atoms with Crippen LogP contribution in [0, 0.1) is 0 Å². The molecule has 5 nitrogen and oxygen atoms in total. The highest BCUT2D eigenvalue weighted by atomic mass is 19.3. The molecule has 0 bridgehead atoms. The third-order valence-electron chi connectivity index (χ3n) is 2.08. The van der Waals surface area contributed by atoms with E-state index in [0.717, 1.165) is 18.9 Å². The first-order valence-corrected chi connectivity index (χ1v) is 4.52. The molecule has 1 saturated carbocycles. The van der Waals surface area contributed by atoms with Crippen molar-refractivity contribution >= 4 is 11.7 Å². The first kappa shape index (κ1) is 9.88. The van der Waals surface area contributed by atoms with E-state index >= 15 is 0 Å². The number of hydrogen-bond donors (Lipinski definition) is 2. The number of rotatable bonds is 3. The number of nitrogen functional groups attached to an aromatic ring is 1. The summed E-state index contributed by atoms with van der Waals surface area (Å²) < 4.78 is 25.2. The van der Waals surface area contributed by atoms with Crippen LogP contribution in [0.2, 0.25) is 0 Å². The Labute approximate surface area is 84.2 Å². The van der Waals surface area contributed by atoms with E-state index in [4.69, 9.17) is 5.73 Å². The molecule has 1 aliphatic rings. The maximum Gasteiger partial charge on any atom is 0.334 e. The maximum absolute atomic E-state index is 12.4. The lowest BCUT2D eigenvalue weighted by molar-refractivity contribution is 0.0512. The fourth-order valence-corrected chi connectivity index (χ4v) is 1.22. The van der Waals surface area contributed by atoms with Crippen LogP contribution >= 0.6 is 0 Å². The van der Waals surface area contributed by atoms with Gasteiger partial charge in [-0.2, -0.15) is 13.5 Å². The average Bonchev–Trinajstić information content (AvgIpc) is 2.86. The van der Waals surface area contributed by atoms with Gasteiger partial charge in [0.15, 0.2) is 0 Å². The third kappa shape index (κ3) is 2.05. The fraction of sp³-hybridized carbons (Fsp3) is 0.500. The van der Waals surface area contributed by atoms with Gasteiger partial charge >= 0.3 is 6.55 Å². The van der Waals surface area contributed by atoms with Gasteiger partial charge in [-0.1, -0.05) is 0 Å². The number of alkyl halides is 2. The van der Waals surface area contributed by atoms with Crippen LogP contribution in [0.25, 0.3) is 0 Å². The Kier molecular flexibility index (Phi) is 2.29. The topological polar surface area (TPSA) is 72.9 Å². The molecule has 0 unspecified atom stereocenters. The van der Waals surface area contributed by atoms with Crippen molar-refractivity contribution in [3.8, 4) is 0 Å². The fourth-order valence-electron chi connectivity index (χ4n) is 1.22. The molecular weight excluding hydrogens is 206 g/mol. The minimum atomic E-state index is -2.86. The van der Waals surface area contributed by atoms with Gasteiger partial charge in [-0.05, 0) is 12.8 Å². The molecule has 1 aromatic heterocycles. The Balaban J connectivity index is 2.20. The third-order valence-corrected chi connectivity index (χ3v) is 2.08. The molecule has 0 spiro atoms. The summed E-state index contributed by atoms with van der Waals surface area (Å²) in [5.74, 6) is -0.641. The van der Waals surface area contributed by atoms with E-state index in [9.17, 15) is 13.6 Å². The van der Waals surface area contributed by atoms with Gasteiger partial charge in [0.25, 0.3) is 5.91 Å². The molecule has 3 N–H and O–H groups in total. The molecular formula is C8H10F2N4O. The van der Waals surface area contributed by atoms with Crippen LogP contribution in [0.4, 0.5) is 14.6 Å². The summed E-state index contributed by atoms with van der Waals surface area (Å²) in [5, 5.41) is 5.93. The Bertz CT molecular complexity index is 386. The van der Waals surface area contributed by atoms with Crippen LogP contribution in [0.15, 0.2) is 6.07 Å². The van der Waals surface area contributed by atoms with Crippen LogP contribution in [0.5, 0.6) is 0 Å². The minimum absolute atomic E-state index is 0.0868. The monoisotopic (exact) mass is 216 g/mol. The Morgan fingerprint density at radius 2 is 2.33 bits per heavy atom. The zero-order valence-corrected chi connectivity index (χ0v) is 7.78. The largest absolute Gasteiger partial charge is 0.382 e. The number of amides is 1. The van der Waals surface area contributed by atoms with Crippen molar-refractivity contribution in [1.29, 1.82) is 0 Å². The van der Waals surface area contributed by atoms with Gasteiger partial charge in [-0.15, -0.1) is 5.10 Å². The van der Waals surface area contributed by atoms with E-state index < -0.39 is 12.5 Å². The van der Waals surface area contributed by atoms with Gasteiger partial charge in [0.05, 0.1) is 0 Å². The van der Waals surface area contributed by atoms with Crippen molar-refractivity contribution in [3.63, 3.8) is 0 Å². The Hall–Kier alpha value is -1.66. The van der Waals surface area contributed by atoms with Crippen molar-refractivity contribution in [3.05, 3.63) is 11.8 Å². The summed E-state index contributed by atoms with van der Waals surface area (Å²) in [6.45, 7) is -2.86. The molecule has 0 saturated heterocycles. The smallest absolute Gasteiger partial charge is 0.334 e. The van der Waals surface area contributed by atoms with Crippen molar-refractivity contribution in [2.75, 3.05) is 5.73 Å². The van der Waals surface area contributed by atoms with Crippen molar-refractivity contribution in [1.82, 2.24) is 15.1 Å². The number of nitrogens with one attached hydrogen (secondary N) is 1. The zero-order chi connectivity index (χ0) is 11.0. The van der Waals surface area contributed by atoms with Gasteiger partial charge < -0.3 is 11.1 Å². The summed E-state index contributed by atoms with van der Waals surface area (Å²) in [5.41, 5.74) is 5.06. The number of carbonyl (C=O) groups is 1. The predicted octanol–water partition coefficient (Wildman–Crippen LogP) is 0.753. The molecule has 0 aliphatic heterocycles. The van der Waals surface area contributed by atoms with Crippen LogP contribution in [-0.4, -0.2) is 21.7 Å². The zero-order valence-electron chi connectivity index (χ0n) is 7.78. The van der Waals surface area contributed by atoms with E-state index in [2.05, 4.69) is 10.4 Å². The van der Waals surface area contributed by atoms with Gasteiger partial charge in [0.2, 0.25) is 0 Å². The molecule has 1 fully saturated rings. The highest BCUT2D eigenvalue weighted by Crippen LogP contribution is 2.21. The molecule has 0 aromatic carbocycles. The van der Waals surface area contributed by atoms with Gasteiger partial charge in [-0.25, -0.2) is 0 Å². The lowest BCUT2D eigenvalue weighted by Gasteiger charge is -2.05. The Morgan fingerprint density at radius 1 is 1.67 bits per heavy atom. The average molecular weight is 216 g/mol. The molecule has 2 rings (SSSR count). The molecule has 1 aliphatic carbocycles. The van der Waals surface area contributed by atoms with Crippen LogP contribution in [-0.2, 0) is 0 Å². The molecule has 1 amide bonds. The number of carbonyl (C=O) groups excluding carboxylic acids is 1. The standard InChI is InChI=1S/C8H10F2N4O/c9-8(10)14-5(3-6(11)13-14)7(15)12-4-1-2-4/h3-4,8H,1-2H2,(H2,11,13)(H,12,15). The summed E-state index contributed by atoms with van der Waals surface area (Å²) in [6, 6.07) is 1.25. The van der Waals surface area contributed by atoms with Crippen molar-refractivity contribution in [2.24, 2.45) is 0 Å². The predicted molar refractivity (Wildman–Crippen MR) is 48.4 cm³/mol. The normalized spacial score (nSPS) is 15.7. The van der Waals surface area contributed by atoms with Gasteiger partial charge in [0.1, 0.15) is 11.5 Å². The van der Waals surface area contributed by atoms with Gasteiger partial charge in [0, 0.05) is 12.1 Å². The molecule has 7 heteroatoms. The number of halogens is 2. The molecule has 1 aromatic rings. The highest BCUT2D eigenvalue weighted by Gasteiger charge is 2.27. The molecule has 15 heavy (non-hydrogen) atoms. The van der Waals surface area contributed by atoms with E-state index in [1.807, 2.05) is 0 Å². The second-order valence-electron chi connectivity index (χ2n) is 3.42. The van der Waals surface area contributed by atoms with Crippen molar-refractivity contribution < 1.29 is 13.6 Å². The number of nitrogens with two attached hydrogens (primary N) is 1. The van der Waals surface area contributed by atoms with Crippen LogP contribution < -0.4 is 11.1 Å². The van der Waals surface area contributed by atoms with E-state index in [1.54, 1.807) is 0 Å². The maximum atomic E-state index is 12.4. The number of aromatic nitrogens is 2. The summed E-state index contributed by atoms with van der Waals surface area (Å²) in [6.07, 6.45) is 1.79. The van der Waals surface area contributed by atoms with E-state index in [-0.39, 0.29) is 17.6 Å². The van der Waals surface area contributed by atoms with E-state index in [0.29, 0.717) is 4.68 Å². The lowest BCUT2D eigenvalue weighted by Crippen LogP contribution is -2.28. The molecule has 82 valence electrons. The first-order valence-electron chi connectivity index (χ1n) is 4.52. The number of hydrogen-bond acceptors (Lipinski definition) is 3. The molecule has 0 radical (unpaired) electrons. The quantitative estimate of drug-likeness (QED) is 0.783. The lowest BCUT2D eigenvalue weighted by atomic mass is 10.4. The number of anilines is 1. The second-order valence-corrected chi connectivity index (χ2v) is 3.42. The highest BCUT2D eigenvalue weighted by molar-refractivity contribution is 5.93. The summed E-state index contributed by atoms with van der Waals surface area (Å²) >= 11 is 0. The first-order chi connectivity index (χ1) is 7.08. The van der Waals surface area contributed by atoms with Gasteiger partial charge in [-0.3, -0.25) is 4.79 Å².